The van der Waals surface area contributed by atoms with Crippen molar-refractivity contribution in [2.45, 2.75) is 0 Å². The summed E-state index contributed by atoms with van der Waals surface area (Å²) in [5.41, 5.74) is 1.44. The molecule has 2 aromatic rings. The SMILES string of the molecule is COc1c(I)cc(/C=C2\C=C(c3ccc(Br)cc3)OC2=O)cc1[N+](=O)[O-]. The first-order valence-corrected chi connectivity index (χ1v) is 9.19. The van der Waals surface area contributed by atoms with Crippen molar-refractivity contribution >= 4 is 62.0 Å². The number of rotatable bonds is 4. The van der Waals surface area contributed by atoms with Gasteiger partial charge in [0.2, 0.25) is 5.75 Å². The van der Waals surface area contributed by atoms with Gasteiger partial charge in [-0.3, -0.25) is 10.1 Å². The van der Waals surface area contributed by atoms with Crippen LogP contribution in [0.1, 0.15) is 11.1 Å². The number of carbonyl (C=O) groups excluding carboxylic acids is 1. The number of carbonyl (C=O) groups is 1. The fourth-order valence-corrected chi connectivity index (χ4v) is 3.57. The zero-order valence-corrected chi connectivity index (χ0v) is 17.1. The Morgan fingerprint density at radius 2 is 1.96 bits per heavy atom. The van der Waals surface area contributed by atoms with E-state index in [0.29, 0.717) is 20.5 Å². The molecule has 1 heterocycles. The third kappa shape index (κ3) is 3.80. The number of nitrogens with zero attached hydrogens (tertiary/aromatic N) is 1. The summed E-state index contributed by atoms with van der Waals surface area (Å²) < 4.78 is 11.9. The summed E-state index contributed by atoms with van der Waals surface area (Å²) in [7, 11) is 1.38. The van der Waals surface area contributed by atoms with Gasteiger partial charge in [0.25, 0.3) is 0 Å². The monoisotopic (exact) mass is 527 g/mol. The van der Waals surface area contributed by atoms with Crippen molar-refractivity contribution in [3.63, 3.8) is 0 Å². The Morgan fingerprint density at radius 3 is 2.58 bits per heavy atom. The molecule has 1 aliphatic rings. The van der Waals surface area contributed by atoms with Gasteiger partial charge in [-0.15, -0.1) is 0 Å². The summed E-state index contributed by atoms with van der Waals surface area (Å²) in [6.45, 7) is 0. The molecule has 0 unspecified atom stereocenters. The Hall–Kier alpha value is -2.20. The molecule has 0 radical (unpaired) electrons. The van der Waals surface area contributed by atoms with Crippen LogP contribution < -0.4 is 4.74 Å². The minimum atomic E-state index is -0.515. The molecule has 26 heavy (non-hydrogen) atoms. The normalized spacial score (nSPS) is 15.0. The van der Waals surface area contributed by atoms with Gasteiger partial charge in [0.15, 0.2) is 0 Å². The van der Waals surface area contributed by atoms with Crippen molar-refractivity contribution in [2.24, 2.45) is 0 Å². The van der Waals surface area contributed by atoms with Crippen molar-refractivity contribution in [2.75, 3.05) is 7.11 Å². The van der Waals surface area contributed by atoms with Gasteiger partial charge in [-0.2, -0.15) is 0 Å². The lowest BCUT2D eigenvalue weighted by Gasteiger charge is -2.05. The molecular formula is C18H11BrINO5. The molecule has 3 rings (SSSR count). The molecule has 0 aliphatic carbocycles. The summed E-state index contributed by atoms with van der Waals surface area (Å²) in [4.78, 5) is 22.9. The molecule has 132 valence electrons. The number of nitro benzene ring substituents is 1. The van der Waals surface area contributed by atoms with E-state index in [2.05, 4.69) is 15.9 Å². The molecular weight excluding hydrogens is 517 g/mol. The van der Waals surface area contributed by atoms with Crippen LogP contribution in [0.2, 0.25) is 0 Å². The van der Waals surface area contributed by atoms with Crippen LogP contribution in [0.15, 0.2) is 52.5 Å². The number of ether oxygens (including phenoxy) is 2. The minimum Gasteiger partial charge on any atom is -0.489 e. The molecule has 0 bridgehead atoms. The molecule has 1 aliphatic heterocycles. The quantitative estimate of drug-likeness (QED) is 0.185. The van der Waals surface area contributed by atoms with Crippen LogP contribution in [0.4, 0.5) is 5.69 Å². The number of cyclic esters (lactones) is 1. The predicted molar refractivity (Wildman–Crippen MR) is 109 cm³/mol. The van der Waals surface area contributed by atoms with E-state index in [1.54, 1.807) is 18.2 Å². The molecule has 8 heteroatoms. The van der Waals surface area contributed by atoms with Crippen LogP contribution in [0, 0.1) is 13.7 Å². The summed E-state index contributed by atoms with van der Waals surface area (Å²) in [5, 5.41) is 11.2. The number of hydrogen-bond acceptors (Lipinski definition) is 5. The predicted octanol–water partition coefficient (Wildman–Crippen LogP) is 4.95. The fraction of sp³-hybridized carbons (Fsp3) is 0.0556. The van der Waals surface area contributed by atoms with Crippen LogP contribution in [0.3, 0.4) is 0 Å². The lowest BCUT2D eigenvalue weighted by Crippen LogP contribution is -1.99. The maximum atomic E-state index is 12.1. The largest absolute Gasteiger partial charge is 0.489 e. The Bertz CT molecular complexity index is 966. The second-order valence-corrected chi connectivity index (χ2v) is 7.39. The van der Waals surface area contributed by atoms with E-state index in [0.717, 1.165) is 10.0 Å². The molecule has 6 nitrogen and oxygen atoms in total. The first-order valence-electron chi connectivity index (χ1n) is 7.32. The third-order valence-electron chi connectivity index (χ3n) is 3.62. The number of hydrogen-bond donors (Lipinski definition) is 0. The Kier molecular flexibility index (Phi) is 5.42. The average Bonchev–Trinajstić information content (AvgIpc) is 2.95. The van der Waals surface area contributed by atoms with E-state index >= 15 is 0 Å². The van der Waals surface area contributed by atoms with Crippen LogP contribution in [0.25, 0.3) is 11.8 Å². The zero-order valence-electron chi connectivity index (χ0n) is 13.4. The molecule has 0 atom stereocenters. The summed E-state index contributed by atoms with van der Waals surface area (Å²) in [6.07, 6.45) is 3.18. The van der Waals surface area contributed by atoms with Crippen molar-refractivity contribution in [1.82, 2.24) is 0 Å². The van der Waals surface area contributed by atoms with Crippen molar-refractivity contribution in [3.8, 4) is 5.75 Å². The van der Waals surface area contributed by atoms with E-state index in [-0.39, 0.29) is 11.4 Å². The molecule has 2 aromatic carbocycles. The first-order chi connectivity index (χ1) is 12.4. The second kappa shape index (κ2) is 7.58. The smallest absolute Gasteiger partial charge is 0.343 e. The highest BCUT2D eigenvalue weighted by Gasteiger charge is 2.24. The summed E-state index contributed by atoms with van der Waals surface area (Å²) in [5.74, 6) is 0.126. The highest BCUT2D eigenvalue weighted by atomic mass is 127. The van der Waals surface area contributed by atoms with Crippen molar-refractivity contribution in [1.29, 1.82) is 0 Å². The molecule has 0 spiro atoms. The maximum absolute atomic E-state index is 12.1. The van der Waals surface area contributed by atoms with Gasteiger partial charge in [0.05, 0.1) is 21.2 Å². The summed E-state index contributed by atoms with van der Waals surface area (Å²) >= 11 is 5.31. The zero-order chi connectivity index (χ0) is 18.8. The first kappa shape index (κ1) is 18.6. The lowest BCUT2D eigenvalue weighted by molar-refractivity contribution is -0.385. The molecule has 0 fully saturated rings. The highest BCUT2D eigenvalue weighted by Crippen LogP contribution is 2.35. The van der Waals surface area contributed by atoms with Gasteiger partial charge in [0.1, 0.15) is 5.76 Å². The van der Waals surface area contributed by atoms with Gasteiger partial charge in [-0.05, 0) is 58.5 Å². The van der Waals surface area contributed by atoms with E-state index in [4.69, 9.17) is 9.47 Å². The molecule has 0 aromatic heterocycles. The number of benzene rings is 2. The fourth-order valence-electron chi connectivity index (χ4n) is 2.45. The highest BCUT2D eigenvalue weighted by molar-refractivity contribution is 14.1. The molecule has 0 N–H and O–H groups in total. The topological polar surface area (TPSA) is 78.7 Å². The van der Waals surface area contributed by atoms with Crippen LogP contribution in [-0.2, 0) is 9.53 Å². The number of nitro groups is 1. The Labute approximate surface area is 170 Å². The number of methoxy groups -OCH3 is 1. The van der Waals surface area contributed by atoms with Gasteiger partial charge in [-0.25, -0.2) is 4.79 Å². The molecule has 0 saturated heterocycles. The Morgan fingerprint density at radius 1 is 1.27 bits per heavy atom. The van der Waals surface area contributed by atoms with E-state index in [1.807, 2.05) is 46.9 Å². The average molecular weight is 528 g/mol. The molecule has 0 amide bonds. The van der Waals surface area contributed by atoms with Crippen LogP contribution >= 0.6 is 38.5 Å². The van der Waals surface area contributed by atoms with Gasteiger partial charge in [-0.1, -0.05) is 28.1 Å². The van der Waals surface area contributed by atoms with Crippen LogP contribution in [-0.4, -0.2) is 18.0 Å². The number of halogens is 2. The van der Waals surface area contributed by atoms with Crippen molar-refractivity contribution < 1.29 is 19.2 Å². The van der Waals surface area contributed by atoms with Gasteiger partial charge < -0.3 is 9.47 Å². The second-order valence-electron chi connectivity index (χ2n) is 5.32. The maximum Gasteiger partial charge on any atom is 0.343 e. The van der Waals surface area contributed by atoms with Crippen molar-refractivity contribution in [3.05, 3.63) is 77.3 Å². The van der Waals surface area contributed by atoms with Gasteiger partial charge in [0, 0.05) is 16.1 Å². The number of esters is 1. The summed E-state index contributed by atoms with van der Waals surface area (Å²) in [6, 6.07) is 10.4. The minimum absolute atomic E-state index is 0.158. The van der Waals surface area contributed by atoms with Crippen LogP contribution in [0.5, 0.6) is 5.75 Å². The third-order valence-corrected chi connectivity index (χ3v) is 4.95. The Balaban J connectivity index is 2.00. The standard InChI is InChI=1S/C18H11BrINO5/c1-25-17-14(20)7-10(8-15(17)21(23)24)6-12-9-16(26-18(12)22)11-2-4-13(19)5-3-11/h2-9H,1H3/b12-6+. The van der Waals surface area contributed by atoms with E-state index < -0.39 is 10.9 Å². The van der Waals surface area contributed by atoms with Gasteiger partial charge >= 0.3 is 11.7 Å². The molecule has 0 saturated carbocycles. The van der Waals surface area contributed by atoms with E-state index in [1.165, 1.54) is 13.2 Å². The lowest BCUT2D eigenvalue weighted by atomic mass is 10.1. The van der Waals surface area contributed by atoms with E-state index in [9.17, 15) is 14.9 Å².